The largest absolute Gasteiger partial charge is 0.377 e. The summed E-state index contributed by atoms with van der Waals surface area (Å²) in [5.41, 5.74) is 0.392. The molecule has 0 fully saturated rings. The normalized spacial score (nSPS) is 11.1. The molecule has 2 amide bonds. The fraction of sp³-hybridized carbons (Fsp3) is 0.133. The average Bonchev–Trinajstić information content (AvgIpc) is 2.58. The van der Waals surface area contributed by atoms with Crippen LogP contribution >= 0.6 is 46.4 Å². The molecular formula is C15H12Cl4N2O4S. The summed E-state index contributed by atoms with van der Waals surface area (Å²) in [7, 11) is -4.16. The Labute approximate surface area is 170 Å². The van der Waals surface area contributed by atoms with Crippen molar-refractivity contribution < 1.29 is 17.4 Å². The summed E-state index contributed by atoms with van der Waals surface area (Å²) < 4.78 is 29.7. The highest BCUT2D eigenvalue weighted by atomic mass is 35.5. The number of alkyl halides is 1. The van der Waals surface area contributed by atoms with Gasteiger partial charge in [0.2, 0.25) is 0 Å². The molecule has 26 heavy (non-hydrogen) atoms. The van der Waals surface area contributed by atoms with E-state index in [-0.39, 0.29) is 31.6 Å². The number of carbonyl (C=O) groups is 1. The Kier molecular flexibility index (Phi) is 7.25. The number of hydrogen-bond donors (Lipinski definition) is 2. The Morgan fingerprint density at radius 3 is 2.23 bits per heavy atom. The van der Waals surface area contributed by atoms with E-state index in [2.05, 4.69) is 10.6 Å². The minimum Gasteiger partial charge on any atom is -0.377 e. The molecule has 140 valence electrons. The molecule has 0 aromatic heterocycles. The van der Waals surface area contributed by atoms with Gasteiger partial charge in [0.25, 0.3) is 0 Å². The van der Waals surface area contributed by atoms with Crippen LogP contribution in [0.2, 0.25) is 15.1 Å². The number of rotatable bonds is 6. The van der Waals surface area contributed by atoms with Crippen LogP contribution in [0.4, 0.5) is 10.5 Å². The van der Waals surface area contributed by atoms with Crippen LogP contribution in [0.15, 0.2) is 41.3 Å². The lowest BCUT2D eigenvalue weighted by Crippen LogP contribution is -2.30. The van der Waals surface area contributed by atoms with Crippen LogP contribution in [0.25, 0.3) is 0 Å². The summed E-state index contributed by atoms with van der Waals surface area (Å²) in [5.74, 6) is 0.128. The molecular weight excluding hydrogens is 446 g/mol. The van der Waals surface area contributed by atoms with E-state index in [1.807, 2.05) is 0 Å². The van der Waals surface area contributed by atoms with Crippen molar-refractivity contribution in [3.63, 3.8) is 0 Å². The first-order chi connectivity index (χ1) is 12.2. The van der Waals surface area contributed by atoms with Gasteiger partial charge in [-0.2, -0.15) is 8.42 Å². The van der Waals surface area contributed by atoms with Gasteiger partial charge in [0, 0.05) is 24.2 Å². The minimum atomic E-state index is -4.16. The fourth-order valence-electron chi connectivity index (χ4n) is 1.78. The van der Waals surface area contributed by atoms with Gasteiger partial charge in [0.15, 0.2) is 5.75 Å². The molecule has 0 saturated carbocycles. The van der Waals surface area contributed by atoms with Crippen LogP contribution in [-0.2, 0) is 10.1 Å². The maximum Gasteiger partial charge on any atom is 0.339 e. The van der Waals surface area contributed by atoms with Gasteiger partial charge in [0.1, 0.15) is 4.90 Å². The van der Waals surface area contributed by atoms with Crippen molar-refractivity contribution in [2.24, 2.45) is 0 Å². The SMILES string of the molecule is O=C(NCCCl)Nc1ccc(S(=O)(=O)Oc2cc(Cl)c(Cl)cc2Cl)cc1. The zero-order chi connectivity index (χ0) is 19.3. The first-order valence-corrected chi connectivity index (χ1v) is 10.1. The first-order valence-electron chi connectivity index (χ1n) is 7.03. The van der Waals surface area contributed by atoms with Gasteiger partial charge >= 0.3 is 16.1 Å². The topological polar surface area (TPSA) is 84.5 Å². The number of benzene rings is 2. The van der Waals surface area contributed by atoms with Gasteiger partial charge in [-0.25, -0.2) is 4.79 Å². The number of urea groups is 1. The quantitative estimate of drug-likeness (QED) is 0.371. The van der Waals surface area contributed by atoms with Crippen molar-refractivity contribution in [1.29, 1.82) is 0 Å². The zero-order valence-corrected chi connectivity index (χ0v) is 16.8. The minimum absolute atomic E-state index is 0.00257. The zero-order valence-electron chi connectivity index (χ0n) is 12.9. The molecule has 0 aliphatic rings. The Morgan fingerprint density at radius 1 is 1.00 bits per heavy atom. The summed E-state index contributed by atoms with van der Waals surface area (Å²) in [6, 6.07) is 7.40. The van der Waals surface area contributed by atoms with Crippen LogP contribution in [0.1, 0.15) is 0 Å². The summed E-state index contributed by atoms with van der Waals surface area (Å²) in [6.45, 7) is 0.304. The highest BCUT2D eigenvalue weighted by Gasteiger charge is 2.19. The second-order valence-corrected chi connectivity index (χ2v) is 7.97. The molecule has 2 aromatic rings. The average molecular weight is 458 g/mol. The molecule has 0 unspecified atom stereocenters. The highest BCUT2D eigenvalue weighted by molar-refractivity contribution is 7.87. The maximum atomic E-state index is 12.4. The fourth-order valence-corrected chi connectivity index (χ4v) is 3.43. The van der Waals surface area contributed by atoms with Crippen LogP contribution in [-0.4, -0.2) is 26.9 Å². The lowest BCUT2D eigenvalue weighted by Gasteiger charge is -2.11. The van der Waals surface area contributed by atoms with Gasteiger partial charge in [-0.1, -0.05) is 34.8 Å². The van der Waals surface area contributed by atoms with Crippen LogP contribution in [0.5, 0.6) is 5.75 Å². The Morgan fingerprint density at radius 2 is 1.62 bits per heavy atom. The molecule has 11 heteroatoms. The van der Waals surface area contributed by atoms with E-state index in [9.17, 15) is 13.2 Å². The van der Waals surface area contributed by atoms with Crippen LogP contribution < -0.4 is 14.8 Å². The van der Waals surface area contributed by atoms with Gasteiger partial charge in [-0.3, -0.25) is 0 Å². The maximum absolute atomic E-state index is 12.4. The lowest BCUT2D eigenvalue weighted by atomic mass is 10.3. The van der Waals surface area contributed by atoms with Crippen molar-refractivity contribution in [2.45, 2.75) is 4.90 Å². The molecule has 0 heterocycles. The number of halogens is 4. The molecule has 0 saturated heterocycles. The van der Waals surface area contributed by atoms with E-state index in [0.29, 0.717) is 12.2 Å². The third kappa shape index (κ3) is 5.56. The predicted molar refractivity (Wildman–Crippen MR) is 103 cm³/mol. The Hall–Kier alpha value is -1.38. The van der Waals surface area contributed by atoms with Gasteiger partial charge < -0.3 is 14.8 Å². The summed E-state index contributed by atoms with van der Waals surface area (Å²) >= 11 is 23.0. The third-order valence-corrected chi connectivity index (χ3v) is 5.41. The van der Waals surface area contributed by atoms with E-state index < -0.39 is 16.1 Å². The number of carbonyl (C=O) groups excluding carboxylic acids is 1. The van der Waals surface area contributed by atoms with E-state index >= 15 is 0 Å². The number of nitrogens with one attached hydrogen (secondary N) is 2. The number of amides is 2. The number of hydrogen-bond acceptors (Lipinski definition) is 4. The monoisotopic (exact) mass is 456 g/mol. The van der Waals surface area contributed by atoms with Gasteiger partial charge in [-0.15, -0.1) is 11.6 Å². The van der Waals surface area contributed by atoms with Crippen molar-refractivity contribution in [1.82, 2.24) is 5.32 Å². The van der Waals surface area contributed by atoms with E-state index in [1.165, 1.54) is 36.4 Å². The summed E-state index contributed by atoms with van der Waals surface area (Å²) in [6.07, 6.45) is 0. The Bertz CT molecular complexity index is 905. The van der Waals surface area contributed by atoms with Crippen molar-refractivity contribution >= 4 is 68.2 Å². The predicted octanol–water partition coefficient (Wildman–Crippen LogP) is 4.77. The van der Waals surface area contributed by atoms with E-state index in [1.54, 1.807) is 0 Å². The van der Waals surface area contributed by atoms with Crippen molar-refractivity contribution in [3.8, 4) is 5.75 Å². The molecule has 6 nitrogen and oxygen atoms in total. The van der Waals surface area contributed by atoms with Gasteiger partial charge in [-0.05, 0) is 30.3 Å². The second kappa shape index (κ2) is 9.01. The van der Waals surface area contributed by atoms with Crippen molar-refractivity contribution in [3.05, 3.63) is 51.5 Å². The smallest absolute Gasteiger partial charge is 0.339 e. The van der Waals surface area contributed by atoms with E-state index in [4.69, 9.17) is 50.6 Å². The summed E-state index contributed by atoms with van der Waals surface area (Å²) in [5, 5.41) is 5.31. The molecule has 2 N–H and O–H groups in total. The lowest BCUT2D eigenvalue weighted by molar-refractivity contribution is 0.252. The number of anilines is 1. The standard InChI is InChI=1S/C15H12Cl4N2O4S/c16-5-6-20-15(22)21-9-1-3-10(4-2-9)26(23,24)25-14-8-12(18)11(17)7-13(14)19/h1-4,7-8H,5-6H2,(H2,20,21,22). The van der Waals surface area contributed by atoms with Crippen LogP contribution in [0.3, 0.4) is 0 Å². The van der Waals surface area contributed by atoms with E-state index in [0.717, 1.165) is 0 Å². The Balaban J connectivity index is 2.14. The molecule has 0 radical (unpaired) electrons. The first kappa shape index (κ1) is 20.9. The van der Waals surface area contributed by atoms with Crippen molar-refractivity contribution in [2.75, 3.05) is 17.7 Å². The van der Waals surface area contributed by atoms with Gasteiger partial charge in [0.05, 0.1) is 15.1 Å². The molecule has 0 aliphatic carbocycles. The third-order valence-electron chi connectivity index (χ3n) is 2.96. The molecule has 0 aliphatic heterocycles. The highest BCUT2D eigenvalue weighted by Crippen LogP contribution is 2.35. The molecule has 2 rings (SSSR count). The molecule has 0 spiro atoms. The molecule has 2 aromatic carbocycles. The van der Waals surface area contributed by atoms with Crippen LogP contribution in [0, 0.1) is 0 Å². The summed E-state index contributed by atoms with van der Waals surface area (Å²) in [4.78, 5) is 11.4. The second-order valence-electron chi connectivity index (χ2n) is 4.83. The molecule has 0 atom stereocenters. The molecule has 0 bridgehead atoms.